The van der Waals surface area contributed by atoms with Crippen LogP contribution in [0.25, 0.3) is 28.0 Å². The lowest BCUT2D eigenvalue weighted by molar-refractivity contribution is 0.0683. The number of nitrogens with zero attached hydrogens (tertiary/aromatic N) is 2. The Bertz CT molecular complexity index is 1680. The van der Waals surface area contributed by atoms with Crippen LogP contribution in [-0.2, 0) is 0 Å². The van der Waals surface area contributed by atoms with E-state index in [0.29, 0.717) is 24.2 Å². The molecule has 202 valence electrons. The topological polar surface area (TPSA) is 66.1 Å². The Morgan fingerprint density at radius 3 is 2.45 bits per heavy atom. The van der Waals surface area contributed by atoms with Crippen molar-refractivity contribution in [3.63, 3.8) is 0 Å². The molecule has 4 aromatic rings. The fraction of sp³-hybridized carbons (Fsp3) is 0.286. The van der Waals surface area contributed by atoms with Crippen LogP contribution in [0.4, 0.5) is 0 Å². The lowest BCUT2D eigenvalue weighted by Crippen LogP contribution is -2.48. The molecule has 5 heteroatoms. The molecule has 2 heterocycles. The highest BCUT2D eigenvalue weighted by atomic mass is 16.2. The molecule has 3 aromatic carbocycles. The van der Waals surface area contributed by atoms with E-state index in [1.807, 2.05) is 53.4 Å². The average Bonchev–Trinajstić information content (AvgIpc) is 3.35. The van der Waals surface area contributed by atoms with Gasteiger partial charge in [0.05, 0.1) is 16.6 Å². The van der Waals surface area contributed by atoms with Gasteiger partial charge in [-0.05, 0) is 60.7 Å². The van der Waals surface area contributed by atoms with E-state index in [0.717, 1.165) is 40.7 Å². The van der Waals surface area contributed by atoms with E-state index in [1.165, 1.54) is 22.3 Å². The number of rotatable bonds is 4. The SMILES string of the molecule is Cc1cc2nc(-c3ccccc3C(=O)N3CC=C4C(C)(C)C(c5ccc(C=O)cc5)=CC[C@]4(C)C3)[nH]c2cc1C. The van der Waals surface area contributed by atoms with Gasteiger partial charge in [-0.3, -0.25) is 9.59 Å². The Hall–Kier alpha value is -4.25. The number of imidazole rings is 1. The lowest BCUT2D eigenvalue weighted by atomic mass is 9.58. The van der Waals surface area contributed by atoms with E-state index in [9.17, 15) is 9.59 Å². The summed E-state index contributed by atoms with van der Waals surface area (Å²) in [6.45, 7) is 12.2. The Labute approximate surface area is 235 Å². The van der Waals surface area contributed by atoms with Crippen LogP contribution in [0.2, 0.25) is 0 Å². The third-order valence-electron chi connectivity index (χ3n) is 8.96. The summed E-state index contributed by atoms with van der Waals surface area (Å²) in [5.74, 6) is 0.743. The van der Waals surface area contributed by atoms with Gasteiger partial charge in [0, 0.05) is 35.0 Å². The first-order valence-corrected chi connectivity index (χ1v) is 13.9. The Morgan fingerprint density at radius 1 is 0.975 bits per heavy atom. The van der Waals surface area contributed by atoms with E-state index in [1.54, 1.807) is 0 Å². The van der Waals surface area contributed by atoms with E-state index < -0.39 is 0 Å². The monoisotopic (exact) mass is 529 g/mol. The molecule has 0 saturated carbocycles. The van der Waals surface area contributed by atoms with Crippen LogP contribution in [0.3, 0.4) is 0 Å². The molecule has 1 N–H and O–H groups in total. The second-order valence-electron chi connectivity index (χ2n) is 12.1. The van der Waals surface area contributed by atoms with Gasteiger partial charge in [-0.1, -0.05) is 81.0 Å². The standard InChI is InChI=1S/C35H35N3O2/c1-22-18-29-30(19-23(22)2)37-32(36-29)26-8-6-7-9-27(26)33(40)38-17-15-31-34(3,4)28(14-16-35(31,5)21-38)25-12-10-24(20-39)11-13-25/h6-15,18-20H,16-17,21H2,1-5H3,(H,36,37)/t35-/m1/s1. The maximum Gasteiger partial charge on any atom is 0.254 e. The van der Waals surface area contributed by atoms with Gasteiger partial charge < -0.3 is 9.88 Å². The number of carbonyl (C=O) groups excluding carboxylic acids is 2. The van der Waals surface area contributed by atoms with E-state index >= 15 is 0 Å². The van der Waals surface area contributed by atoms with Gasteiger partial charge >= 0.3 is 0 Å². The van der Waals surface area contributed by atoms with Crippen molar-refractivity contribution in [2.75, 3.05) is 13.1 Å². The lowest BCUT2D eigenvalue weighted by Gasteiger charge is -2.50. The first-order chi connectivity index (χ1) is 19.1. The van der Waals surface area contributed by atoms with Gasteiger partial charge in [0.1, 0.15) is 12.1 Å². The minimum atomic E-state index is -0.187. The molecule has 0 fully saturated rings. The quantitative estimate of drug-likeness (QED) is 0.219. The third kappa shape index (κ3) is 4.21. The van der Waals surface area contributed by atoms with Crippen LogP contribution in [0.15, 0.2) is 78.4 Å². The molecule has 1 aromatic heterocycles. The van der Waals surface area contributed by atoms with Crippen molar-refractivity contribution < 1.29 is 9.59 Å². The third-order valence-corrected chi connectivity index (χ3v) is 8.96. The van der Waals surface area contributed by atoms with Crippen LogP contribution in [0.5, 0.6) is 0 Å². The second-order valence-corrected chi connectivity index (χ2v) is 12.1. The number of aldehydes is 1. The molecule has 2 aliphatic rings. The van der Waals surface area contributed by atoms with Crippen molar-refractivity contribution in [1.82, 2.24) is 14.9 Å². The fourth-order valence-corrected chi connectivity index (χ4v) is 6.75. The number of allylic oxidation sites excluding steroid dienone is 2. The van der Waals surface area contributed by atoms with Crippen LogP contribution in [0.1, 0.15) is 64.6 Å². The summed E-state index contributed by atoms with van der Waals surface area (Å²) in [5.41, 5.74) is 9.90. The molecular formula is C35H35N3O2. The molecule has 0 radical (unpaired) electrons. The number of nitrogens with one attached hydrogen (secondary N) is 1. The van der Waals surface area contributed by atoms with Crippen LogP contribution < -0.4 is 0 Å². The Balaban J connectivity index is 1.31. The normalized spacial score (nSPS) is 20.1. The number of aromatic nitrogens is 2. The highest BCUT2D eigenvalue weighted by molar-refractivity contribution is 6.01. The van der Waals surface area contributed by atoms with Crippen molar-refractivity contribution >= 4 is 28.8 Å². The summed E-state index contributed by atoms with van der Waals surface area (Å²) in [4.78, 5) is 35.5. The van der Waals surface area contributed by atoms with E-state index in [-0.39, 0.29) is 16.7 Å². The Morgan fingerprint density at radius 2 is 1.70 bits per heavy atom. The van der Waals surface area contributed by atoms with E-state index in [2.05, 4.69) is 63.9 Å². The molecule has 1 aliphatic carbocycles. The molecule has 0 bridgehead atoms. The fourth-order valence-electron chi connectivity index (χ4n) is 6.75. The van der Waals surface area contributed by atoms with Gasteiger partial charge in [0.25, 0.3) is 5.91 Å². The molecular weight excluding hydrogens is 494 g/mol. The number of hydrogen-bond acceptors (Lipinski definition) is 3. The summed E-state index contributed by atoms with van der Waals surface area (Å²) in [6, 6.07) is 19.8. The predicted molar refractivity (Wildman–Crippen MR) is 161 cm³/mol. The number of aromatic amines is 1. The number of aryl methyl sites for hydroxylation is 2. The van der Waals surface area contributed by atoms with Crippen molar-refractivity contribution in [2.24, 2.45) is 10.8 Å². The smallest absolute Gasteiger partial charge is 0.254 e. The highest BCUT2D eigenvalue weighted by Crippen LogP contribution is 2.55. The molecule has 5 nitrogen and oxygen atoms in total. The summed E-state index contributed by atoms with van der Waals surface area (Å²) in [6.07, 6.45) is 6.32. The minimum absolute atomic E-state index is 0.0250. The zero-order valence-corrected chi connectivity index (χ0v) is 23.8. The molecule has 1 atom stereocenters. The zero-order chi connectivity index (χ0) is 28.2. The van der Waals surface area contributed by atoms with Gasteiger partial charge in [-0.25, -0.2) is 4.98 Å². The summed E-state index contributed by atoms with van der Waals surface area (Å²) < 4.78 is 0. The van der Waals surface area contributed by atoms with Crippen LogP contribution >= 0.6 is 0 Å². The van der Waals surface area contributed by atoms with Gasteiger partial charge in [-0.2, -0.15) is 0 Å². The number of benzene rings is 3. The predicted octanol–water partition coefficient (Wildman–Crippen LogP) is 7.56. The average molecular weight is 530 g/mol. The molecule has 0 saturated heterocycles. The molecule has 6 rings (SSSR count). The largest absolute Gasteiger partial charge is 0.338 e. The number of amides is 1. The Kier molecular flexibility index (Phi) is 6.14. The summed E-state index contributed by atoms with van der Waals surface area (Å²) in [5, 5.41) is 0. The zero-order valence-electron chi connectivity index (χ0n) is 23.8. The van der Waals surface area contributed by atoms with Gasteiger partial charge in [0.2, 0.25) is 0 Å². The summed E-state index contributed by atoms with van der Waals surface area (Å²) in [7, 11) is 0. The van der Waals surface area contributed by atoms with Crippen LogP contribution in [-0.4, -0.2) is 40.2 Å². The maximum atomic E-state index is 14.1. The molecule has 1 amide bonds. The maximum absolute atomic E-state index is 14.1. The number of hydrogen-bond donors (Lipinski definition) is 1. The summed E-state index contributed by atoms with van der Waals surface area (Å²) >= 11 is 0. The molecule has 40 heavy (non-hydrogen) atoms. The number of fused-ring (bicyclic) bond motifs is 2. The number of H-pyrrole nitrogens is 1. The van der Waals surface area contributed by atoms with Gasteiger partial charge in [0.15, 0.2) is 0 Å². The van der Waals surface area contributed by atoms with Crippen molar-refractivity contribution in [3.05, 3.63) is 106 Å². The first kappa shape index (κ1) is 26.0. The van der Waals surface area contributed by atoms with Crippen LogP contribution in [0, 0.1) is 24.7 Å². The highest BCUT2D eigenvalue weighted by Gasteiger charge is 2.46. The van der Waals surface area contributed by atoms with Gasteiger partial charge in [-0.15, -0.1) is 0 Å². The van der Waals surface area contributed by atoms with Crippen molar-refractivity contribution in [1.29, 1.82) is 0 Å². The molecule has 0 spiro atoms. The number of carbonyl (C=O) groups is 2. The molecule has 0 unspecified atom stereocenters. The minimum Gasteiger partial charge on any atom is -0.338 e. The second kappa shape index (κ2) is 9.44. The first-order valence-electron chi connectivity index (χ1n) is 13.9. The van der Waals surface area contributed by atoms with Crippen molar-refractivity contribution in [2.45, 2.75) is 41.0 Å². The van der Waals surface area contributed by atoms with Crippen molar-refractivity contribution in [3.8, 4) is 11.4 Å². The molecule has 1 aliphatic heterocycles. The van der Waals surface area contributed by atoms with E-state index in [4.69, 9.17) is 4.98 Å².